The number of methoxy groups -OCH3 is 1. The van der Waals surface area contributed by atoms with Crippen LogP contribution >= 0.6 is 0 Å². The second-order valence-electron chi connectivity index (χ2n) is 4.83. The number of rotatable bonds is 9. The molecule has 0 radical (unpaired) electrons. The van der Waals surface area contributed by atoms with Gasteiger partial charge in [-0.2, -0.15) is 0 Å². The highest BCUT2D eigenvalue weighted by atomic mass is 16.5. The number of ether oxygens (including phenoxy) is 1. The standard InChI is InChI=1S/C16H27N3O2/c1-4-18(5-2)16(20)13-19(11-7-10-17)14-8-6-9-15(12-14)21-3/h6,8-9,12H,4-5,7,10-11,13,17H2,1-3H3. The summed E-state index contributed by atoms with van der Waals surface area (Å²) in [7, 11) is 1.64. The molecule has 0 aliphatic carbocycles. The lowest BCUT2D eigenvalue weighted by Crippen LogP contribution is -2.41. The van der Waals surface area contributed by atoms with Crippen molar-refractivity contribution in [1.82, 2.24) is 4.90 Å². The predicted molar refractivity (Wildman–Crippen MR) is 86.8 cm³/mol. The highest BCUT2D eigenvalue weighted by molar-refractivity contribution is 5.81. The first-order chi connectivity index (χ1) is 10.2. The smallest absolute Gasteiger partial charge is 0.242 e. The Hall–Kier alpha value is -1.75. The molecule has 0 unspecified atom stereocenters. The lowest BCUT2D eigenvalue weighted by atomic mass is 10.2. The number of hydrogen-bond acceptors (Lipinski definition) is 4. The molecule has 1 rings (SSSR count). The number of benzene rings is 1. The molecule has 5 nitrogen and oxygen atoms in total. The Balaban J connectivity index is 2.86. The molecule has 0 aliphatic heterocycles. The van der Waals surface area contributed by atoms with E-state index in [2.05, 4.69) is 4.90 Å². The molecule has 1 aromatic carbocycles. The van der Waals surface area contributed by atoms with Gasteiger partial charge < -0.3 is 20.3 Å². The van der Waals surface area contributed by atoms with Crippen molar-refractivity contribution in [1.29, 1.82) is 0 Å². The van der Waals surface area contributed by atoms with Gasteiger partial charge in [0.05, 0.1) is 13.7 Å². The molecule has 0 bridgehead atoms. The van der Waals surface area contributed by atoms with E-state index in [4.69, 9.17) is 10.5 Å². The van der Waals surface area contributed by atoms with Gasteiger partial charge in [-0.1, -0.05) is 6.07 Å². The minimum absolute atomic E-state index is 0.139. The summed E-state index contributed by atoms with van der Waals surface area (Å²) in [5.41, 5.74) is 6.60. The van der Waals surface area contributed by atoms with Crippen molar-refractivity contribution >= 4 is 11.6 Å². The van der Waals surface area contributed by atoms with Crippen molar-refractivity contribution in [2.75, 3.05) is 44.7 Å². The van der Waals surface area contributed by atoms with Crippen LogP contribution in [0.2, 0.25) is 0 Å². The zero-order valence-electron chi connectivity index (χ0n) is 13.3. The fourth-order valence-electron chi connectivity index (χ4n) is 2.23. The zero-order valence-corrected chi connectivity index (χ0v) is 13.3. The monoisotopic (exact) mass is 293 g/mol. The summed E-state index contributed by atoms with van der Waals surface area (Å²) in [4.78, 5) is 16.2. The number of likely N-dealkylation sites (N-methyl/N-ethyl adjacent to an activating group) is 1. The fourth-order valence-corrected chi connectivity index (χ4v) is 2.23. The lowest BCUT2D eigenvalue weighted by molar-refractivity contribution is -0.129. The molecule has 0 heterocycles. The first-order valence-electron chi connectivity index (χ1n) is 7.53. The summed E-state index contributed by atoms with van der Waals surface area (Å²) in [6, 6.07) is 7.78. The molecule has 0 atom stereocenters. The number of nitrogens with two attached hydrogens (primary N) is 1. The van der Waals surface area contributed by atoms with E-state index in [1.807, 2.05) is 43.0 Å². The lowest BCUT2D eigenvalue weighted by Gasteiger charge is -2.28. The average molecular weight is 293 g/mol. The van der Waals surface area contributed by atoms with E-state index in [0.717, 1.165) is 37.5 Å². The number of amides is 1. The van der Waals surface area contributed by atoms with Crippen LogP contribution in [0, 0.1) is 0 Å². The third kappa shape index (κ3) is 5.27. The van der Waals surface area contributed by atoms with Crippen LogP contribution in [0.1, 0.15) is 20.3 Å². The van der Waals surface area contributed by atoms with Gasteiger partial charge in [0.2, 0.25) is 5.91 Å². The van der Waals surface area contributed by atoms with Gasteiger partial charge in [0, 0.05) is 31.4 Å². The van der Waals surface area contributed by atoms with E-state index < -0.39 is 0 Å². The number of nitrogens with zero attached hydrogens (tertiary/aromatic N) is 2. The van der Waals surface area contributed by atoms with E-state index in [0.29, 0.717) is 13.1 Å². The van der Waals surface area contributed by atoms with E-state index >= 15 is 0 Å². The largest absolute Gasteiger partial charge is 0.497 e. The van der Waals surface area contributed by atoms with Gasteiger partial charge in [-0.15, -0.1) is 0 Å². The van der Waals surface area contributed by atoms with Crippen molar-refractivity contribution in [3.8, 4) is 5.75 Å². The van der Waals surface area contributed by atoms with Crippen LogP contribution in [0.25, 0.3) is 0 Å². The summed E-state index contributed by atoms with van der Waals surface area (Å²) in [5.74, 6) is 0.931. The van der Waals surface area contributed by atoms with Crippen LogP contribution in [0.3, 0.4) is 0 Å². The van der Waals surface area contributed by atoms with Gasteiger partial charge in [0.1, 0.15) is 5.75 Å². The predicted octanol–water partition coefficient (Wildman–Crippen LogP) is 1.72. The van der Waals surface area contributed by atoms with E-state index in [1.165, 1.54) is 0 Å². The van der Waals surface area contributed by atoms with Crippen molar-refractivity contribution in [2.24, 2.45) is 5.73 Å². The molecule has 0 saturated carbocycles. The maximum Gasteiger partial charge on any atom is 0.242 e. The third-order valence-corrected chi connectivity index (χ3v) is 3.49. The average Bonchev–Trinajstić information content (AvgIpc) is 2.52. The van der Waals surface area contributed by atoms with Crippen LogP contribution in [0.4, 0.5) is 5.69 Å². The summed E-state index contributed by atoms with van der Waals surface area (Å²) in [6.45, 7) is 7.20. The first-order valence-corrected chi connectivity index (χ1v) is 7.53. The van der Waals surface area contributed by atoms with Crippen LogP contribution in [0.15, 0.2) is 24.3 Å². The first kappa shape index (κ1) is 17.3. The molecule has 2 N–H and O–H groups in total. The van der Waals surface area contributed by atoms with E-state index in [9.17, 15) is 4.79 Å². The number of carbonyl (C=O) groups is 1. The van der Waals surface area contributed by atoms with E-state index in [1.54, 1.807) is 7.11 Å². The Kier molecular flexibility index (Phi) is 7.61. The van der Waals surface area contributed by atoms with Crippen LogP contribution in [-0.2, 0) is 4.79 Å². The Bertz CT molecular complexity index is 433. The van der Waals surface area contributed by atoms with Crippen molar-refractivity contribution in [3.63, 3.8) is 0 Å². The highest BCUT2D eigenvalue weighted by Crippen LogP contribution is 2.21. The summed E-state index contributed by atoms with van der Waals surface area (Å²) >= 11 is 0. The summed E-state index contributed by atoms with van der Waals surface area (Å²) < 4.78 is 5.26. The number of carbonyl (C=O) groups excluding carboxylic acids is 1. The Morgan fingerprint density at radius 1 is 1.29 bits per heavy atom. The molecule has 0 aromatic heterocycles. The minimum Gasteiger partial charge on any atom is -0.497 e. The quantitative estimate of drug-likeness (QED) is 0.753. The second kappa shape index (κ2) is 9.23. The van der Waals surface area contributed by atoms with Gasteiger partial charge in [0.15, 0.2) is 0 Å². The molecule has 0 aliphatic rings. The third-order valence-electron chi connectivity index (χ3n) is 3.49. The molecule has 21 heavy (non-hydrogen) atoms. The molecule has 0 spiro atoms. The van der Waals surface area contributed by atoms with Gasteiger partial charge >= 0.3 is 0 Å². The molecular weight excluding hydrogens is 266 g/mol. The molecule has 0 saturated heterocycles. The van der Waals surface area contributed by atoms with Crippen molar-refractivity contribution < 1.29 is 9.53 Å². The summed E-state index contributed by atoms with van der Waals surface area (Å²) in [6.07, 6.45) is 0.850. The normalized spacial score (nSPS) is 10.3. The molecule has 0 fully saturated rings. The SMILES string of the molecule is CCN(CC)C(=O)CN(CCCN)c1cccc(OC)c1. The van der Waals surface area contributed by atoms with Crippen LogP contribution < -0.4 is 15.4 Å². The molecule has 1 aromatic rings. The Morgan fingerprint density at radius 3 is 2.57 bits per heavy atom. The maximum atomic E-state index is 12.3. The topological polar surface area (TPSA) is 58.8 Å². The highest BCUT2D eigenvalue weighted by Gasteiger charge is 2.15. The second-order valence-corrected chi connectivity index (χ2v) is 4.83. The molecule has 1 amide bonds. The van der Waals surface area contributed by atoms with Gasteiger partial charge in [-0.05, 0) is 38.9 Å². The fraction of sp³-hybridized carbons (Fsp3) is 0.562. The van der Waals surface area contributed by atoms with Gasteiger partial charge in [-0.25, -0.2) is 0 Å². The van der Waals surface area contributed by atoms with Crippen LogP contribution in [0.5, 0.6) is 5.75 Å². The maximum absolute atomic E-state index is 12.3. The Labute approximate surface area is 127 Å². The Morgan fingerprint density at radius 2 is 2.00 bits per heavy atom. The molecular formula is C16H27N3O2. The molecule has 5 heteroatoms. The van der Waals surface area contributed by atoms with Gasteiger partial charge in [0.25, 0.3) is 0 Å². The van der Waals surface area contributed by atoms with Crippen LogP contribution in [-0.4, -0.2) is 50.6 Å². The summed E-state index contributed by atoms with van der Waals surface area (Å²) in [5, 5.41) is 0. The van der Waals surface area contributed by atoms with Crippen molar-refractivity contribution in [3.05, 3.63) is 24.3 Å². The minimum atomic E-state index is 0.139. The van der Waals surface area contributed by atoms with E-state index in [-0.39, 0.29) is 5.91 Å². The van der Waals surface area contributed by atoms with Gasteiger partial charge in [-0.3, -0.25) is 4.79 Å². The number of anilines is 1. The zero-order chi connectivity index (χ0) is 15.7. The number of hydrogen-bond donors (Lipinski definition) is 1. The van der Waals surface area contributed by atoms with Crippen molar-refractivity contribution in [2.45, 2.75) is 20.3 Å². The molecule has 118 valence electrons.